The topological polar surface area (TPSA) is 38.5 Å². The summed E-state index contributed by atoms with van der Waals surface area (Å²) in [6.07, 6.45) is 2.16. The van der Waals surface area contributed by atoms with Crippen molar-refractivity contribution in [3.05, 3.63) is 77.5 Å². The summed E-state index contributed by atoms with van der Waals surface area (Å²) in [5.74, 6) is 2.27. The van der Waals surface area contributed by atoms with Crippen molar-refractivity contribution in [2.45, 2.75) is 18.7 Å². The predicted octanol–water partition coefficient (Wildman–Crippen LogP) is 6.31. The zero-order chi connectivity index (χ0) is 24.2. The third-order valence-corrected chi connectivity index (χ3v) is 6.91. The summed E-state index contributed by atoms with van der Waals surface area (Å²) in [7, 11) is 7.45. The Kier molecular flexibility index (Phi) is 7.08. The summed E-state index contributed by atoms with van der Waals surface area (Å²) in [4.78, 5) is 8.57. The number of aromatic nitrogens is 2. The molecule has 174 valence electrons. The van der Waals surface area contributed by atoms with Gasteiger partial charge in [0.2, 0.25) is 0 Å². The van der Waals surface area contributed by atoms with Gasteiger partial charge in [-0.1, -0.05) is 55.9 Å². The van der Waals surface area contributed by atoms with Gasteiger partial charge in [0, 0.05) is 24.1 Å². The van der Waals surface area contributed by atoms with Crippen molar-refractivity contribution in [2.75, 3.05) is 26.2 Å². The van der Waals surface area contributed by atoms with Crippen molar-refractivity contribution in [1.82, 2.24) is 4.98 Å². The first-order valence-electron chi connectivity index (χ1n) is 11.3. The van der Waals surface area contributed by atoms with E-state index in [1.807, 2.05) is 51.2 Å². The van der Waals surface area contributed by atoms with E-state index in [1.165, 1.54) is 10.6 Å². The lowest BCUT2D eigenvalue weighted by atomic mass is 10.1. The van der Waals surface area contributed by atoms with Crippen LogP contribution in [0.25, 0.3) is 28.4 Å². The molecule has 0 aliphatic carbocycles. The Morgan fingerprint density at radius 2 is 1.56 bits per heavy atom. The van der Waals surface area contributed by atoms with Crippen LogP contribution in [0, 0.1) is 0 Å². The second-order valence-electron chi connectivity index (χ2n) is 7.58. The normalized spacial score (nSPS) is 13.5. The van der Waals surface area contributed by atoms with Crippen LogP contribution in [-0.2, 0) is 7.05 Å². The van der Waals surface area contributed by atoms with E-state index in [1.54, 1.807) is 26.0 Å². The Morgan fingerprint density at radius 1 is 0.912 bits per heavy atom. The minimum absolute atomic E-state index is 0.685. The van der Waals surface area contributed by atoms with Crippen molar-refractivity contribution >= 4 is 34.4 Å². The van der Waals surface area contributed by atoms with Gasteiger partial charge in [-0.3, -0.25) is 0 Å². The van der Waals surface area contributed by atoms with Gasteiger partial charge in [0.05, 0.1) is 42.9 Å². The molecule has 0 radical (unpaired) electrons. The van der Waals surface area contributed by atoms with Gasteiger partial charge in [-0.25, -0.2) is 4.57 Å². The van der Waals surface area contributed by atoms with Crippen LogP contribution in [0.15, 0.2) is 76.7 Å². The molecule has 0 spiro atoms. The molecule has 0 unspecified atom stereocenters. The molecule has 4 aromatic rings. The van der Waals surface area contributed by atoms with Gasteiger partial charge in [0.1, 0.15) is 5.52 Å². The number of fused-ring (bicyclic) bond motifs is 2. The van der Waals surface area contributed by atoms with Crippen LogP contribution in [0.3, 0.4) is 0 Å². The first-order chi connectivity index (χ1) is 16.6. The quantitative estimate of drug-likeness (QED) is 0.326. The van der Waals surface area contributed by atoms with Crippen molar-refractivity contribution in [1.29, 1.82) is 0 Å². The lowest BCUT2D eigenvalue weighted by Gasteiger charge is -2.14. The molecule has 0 saturated carbocycles. The summed E-state index contributed by atoms with van der Waals surface area (Å²) in [5.41, 5.74) is 4.17. The lowest BCUT2D eigenvalue weighted by molar-refractivity contribution is -0.636. The molecule has 0 bridgehead atoms. The first kappa shape index (κ1) is 23.6. The standard InChI is InChI=1S/C26H24N3O2S.C2H6/c1-28-20-12-8-9-13-24(20)32-25(28)15-19-18-14-22(30-3)23(31-4)16-21(18)29(2)26(27-19)17-10-6-5-7-11-17;1-2/h5-16H,1-4H3;1-2H3/q+1;. The zero-order valence-corrected chi connectivity index (χ0v) is 21.3. The first-order valence-corrected chi connectivity index (χ1v) is 12.2. The van der Waals surface area contributed by atoms with E-state index in [0.717, 1.165) is 33.0 Å². The minimum atomic E-state index is 0.685. The van der Waals surface area contributed by atoms with Crippen LogP contribution in [0.4, 0.5) is 5.69 Å². The predicted molar refractivity (Wildman–Crippen MR) is 141 cm³/mol. The highest BCUT2D eigenvalue weighted by molar-refractivity contribution is 8.03. The van der Waals surface area contributed by atoms with E-state index in [2.05, 4.69) is 59.0 Å². The number of hydrogen-bond acceptors (Lipinski definition) is 5. The van der Waals surface area contributed by atoms with Gasteiger partial charge >= 0.3 is 5.82 Å². The van der Waals surface area contributed by atoms with Gasteiger partial charge in [0.15, 0.2) is 17.2 Å². The second kappa shape index (κ2) is 10.2. The molecule has 0 atom stereocenters. The number of ether oxygens (including phenoxy) is 2. The average Bonchev–Trinajstić information content (AvgIpc) is 3.21. The van der Waals surface area contributed by atoms with Crippen LogP contribution < -0.4 is 18.9 Å². The largest absolute Gasteiger partial charge is 0.493 e. The van der Waals surface area contributed by atoms with Crippen molar-refractivity contribution in [3.63, 3.8) is 0 Å². The molecule has 2 heterocycles. The highest BCUT2D eigenvalue weighted by Gasteiger charge is 2.26. The maximum atomic E-state index is 5.60. The molecular formula is C28H30N3O2S+. The van der Waals surface area contributed by atoms with Crippen molar-refractivity contribution < 1.29 is 14.0 Å². The molecule has 5 nitrogen and oxygen atoms in total. The number of rotatable bonds is 4. The van der Waals surface area contributed by atoms with Gasteiger partial charge in [-0.15, -0.1) is 0 Å². The molecule has 6 heteroatoms. The fraction of sp³-hybridized carbons (Fsp3) is 0.214. The molecule has 5 rings (SSSR count). The summed E-state index contributed by atoms with van der Waals surface area (Å²) < 4.78 is 13.3. The van der Waals surface area contributed by atoms with E-state index in [0.29, 0.717) is 11.5 Å². The number of aryl methyl sites for hydroxylation is 1. The molecular weight excluding hydrogens is 442 g/mol. The fourth-order valence-electron chi connectivity index (χ4n) is 4.03. The number of methoxy groups -OCH3 is 2. The van der Waals surface area contributed by atoms with Crippen LogP contribution in [0.1, 0.15) is 19.5 Å². The van der Waals surface area contributed by atoms with E-state index in [4.69, 9.17) is 14.5 Å². The Labute approximate surface area is 205 Å². The summed E-state index contributed by atoms with van der Waals surface area (Å²) >= 11 is 1.76. The molecule has 1 aliphatic heterocycles. The molecule has 1 aliphatic rings. The highest BCUT2D eigenvalue weighted by atomic mass is 32.2. The van der Waals surface area contributed by atoms with Crippen LogP contribution in [-0.4, -0.2) is 26.3 Å². The smallest absolute Gasteiger partial charge is 0.331 e. The van der Waals surface area contributed by atoms with Crippen LogP contribution in [0.5, 0.6) is 11.5 Å². The monoisotopic (exact) mass is 472 g/mol. The van der Waals surface area contributed by atoms with Gasteiger partial charge in [-0.2, -0.15) is 0 Å². The van der Waals surface area contributed by atoms with E-state index >= 15 is 0 Å². The maximum absolute atomic E-state index is 5.60. The molecule has 0 N–H and O–H groups in total. The van der Waals surface area contributed by atoms with Gasteiger partial charge < -0.3 is 14.4 Å². The molecule has 1 aromatic heterocycles. The number of hydrogen-bond donors (Lipinski definition) is 0. The van der Waals surface area contributed by atoms with E-state index in [-0.39, 0.29) is 0 Å². The van der Waals surface area contributed by atoms with Crippen molar-refractivity contribution in [3.8, 4) is 22.9 Å². The highest BCUT2D eigenvalue weighted by Crippen LogP contribution is 2.45. The molecule has 0 amide bonds. The Morgan fingerprint density at radius 3 is 2.24 bits per heavy atom. The van der Waals surface area contributed by atoms with E-state index < -0.39 is 0 Å². The Balaban J connectivity index is 0.00000133. The summed E-state index contributed by atoms with van der Waals surface area (Å²) in [6.45, 7) is 4.00. The molecule has 0 fully saturated rings. The average molecular weight is 473 g/mol. The fourth-order valence-corrected chi connectivity index (χ4v) is 5.12. The second-order valence-corrected chi connectivity index (χ2v) is 8.64. The maximum Gasteiger partial charge on any atom is 0.331 e. The Bertz CT molecular complexity index is 1350. The summed E-state index contributed by atoms with van der Waals surface area (Å²) in [6, 6.07) is 22.7. The molecule has 34 heavy (non-hydrogen) atoms. The zero-order valence-electron chi connectivity index (χ0n) is 20.5. The molecule has 0 saturated heterocycles. The van der Waals surface area contributed by atoms with Crippen LogP contribution in [0.2, 0.25) is 0 Å². The van der Waals surface area contributed by atoms with Gasteiger partial charge in [0.25, 0.3) is 0 Å². The number of benzene rings is 3. The summed E-state index contributed by atoms with van der Waals surface area (Å²) in [5, 5.41) is 2.13. The van der Waals surface area contributed by atoms with Gasteiger partial charge in [-0.05, 0) is 35.3 Å². The van der Waals surface area contributed by atoms with Crippen molar-refractivity contribution in [2.24, 2.45) is 7.05 Å². The SMILES string of the molecule is CC.COc1cc2c(/C=C3\Sc4ccccc4N3C)nc(-c3ccccc3)[n+](C)c2cc1OC. The number of nitrogens with zero attached hydrogens (tertiary/aromatic N) is 3. The lowest BCUT2D eigenvalue weighted by Crippen LogP contribution is -2.34. The van der Waals surface area contributed by atoms with Crippen LogP contribution >= 0.6 is 11.8 Å². The van der Waals surface area contributed by atoms with E-state index in [9.17, 15) is 0 Å². The molecule has 3 aromatic carbocycles. The number of para-hydroxylation sites is 1. The third kappa shape index (κ3) is 4.21. The minimum Gasteiger partial charge on any atom is -0.493 e. The third-order valence-electron chi connectivity index (χ3n) is 5.75. The Hall–Kier alpha value is -3.51. The number of thioether (sulfide) groups is 1. The number of anilines is 1.